The van der Waals surface area contributed by atoms with Gasteiger partial charge in [-0.1, -0.05) is 31.2 Å². The lowest BCUT2D eigenvalue weighted by Crippen LogP contribution is -2.50. The fraction of sp³-hybridized carbons (Fsp3) is 0.562. The molecule has 1 heterocycles. The van der Waals surface area contributed by atoms with Crippen molar-refractivity contribution in [3.63, 3.8) is 0 Å². The van der Waals surface area contributed by atoms with Crippen molar-refractivity contribution in [2.75, 3.05) is 13.1 Å². The number of piperidine rings is 1. The largest absolute Gasteiger partial charge is 0.392 e. The second-order valence-corrected chi connectivity index (χ2v) is 5.57. The lowest BCUT2D eigenvalue weighted by Gasteiger charge is -2.35. The van der Waals surface area contributed by atoms with Crippen LogP contribution in [-0.4, -0.2) is 24.1 Å². The van der Waals surface area contributed by atoms with Gasteiger partial charge in [0.25, 0.3) is 0 Å². The first-order valence-corrected chi connectivity index (χ1v) is 7.38. The van der Waals surface area contributed by atoms with E-state index in [0.717, 1.165) is 43.5 Å². The molecule has 0 bridgehead atoms. The highest BCUT2D eigenvalue weighted by molar-refractivity contribution is 5.83. The molecule has 4 heteroatoms. The van der Waals surface area contributed by atoms with Gasteiger partial charge in [-0.25, -0.2) is 0 Å². The SMILES string of the molecule is CCC1(C(=O)NCc2ccc(CO)cc2)CCCNC1. The summed E-state index contributed by atoms with van der Waals surface area (Å²) in [5, 5.41) is 15.4. The van der Waals surface area contributed by atoms with E-state index in [1.807, 2.05) is 24.3 Å². The first-order chi connectivity index (χ1) is 9.70. The Morgan fingerprint density at radius 2 is 2.05 bits per heavy atom. The van der Waals surface area contributed by atoms with E-state index >= 15 is 0 Å². The maximum Gasteiger partial charge on any atom is 0.227 e. The van der Waals surface area contributed by atoms with E-state index in [-0.39, 0.29) is 17.9 Å². The van der Waals surface area contributed by atoms with Crippen LogP contribution in [-0.2, 0) is 17.9 Å². The van der Waals surface area contributed by atoms with Crippen LogP contribution in [0.2, 0.25) is 0 Å². The Balaban J connectivity index is 1.93. The monoisotopic (exact) mass is 276 g/mol. The van der Waals surface area contributed by atoms with Crippen molar-refractivity contribution in [1.82, 2.24) is 10.6 Å². The molecule has 1 fully saturated rings. The number of rotatable bonds is 5. The molecule has 2 rings (SSSR count). The van der Waals surface area contributed by atoms with Gasteiger partial charge < -0.3 is 15.7 Å². The Morgan fingerprint density at radius 1 is 1.35 bits per heavy atom. The number of hydrogen-bond acceptors (Lipinski definition) is 3. The molecule has 0 radical (unpaired) electrons. The Bertz CT molecular complexity index is 436. The lowest BCUT2D eigenvalue weighted by atomic mass is 9.77. The van der Waals surface area contributed by atoms with Gasteiger partial charge in [-0.3, -0.25) is 4.79 Å². The summed E-state index contributed by atoms with van der Waals surface area (Å²) < 4.78 is 0. The quantitative estimate of drug-likeness (QED) is 0.765. The predicted molar refractivity (Wildman–Crippen MR) is 79.0 cm³/mol. The van der Waals surface area contributed by atoms with E-state index < -0.39 is 0 Å². The lowest BCUT2D eigenvalue weighted by molar-refractivity contribution is -0.132. The third-order valence-electron chi connectivity index (χ3n) is 4.29. The van der Waals surface area contributed by atoms with Crippen molar-refractivity contribution in [2.45, 2.75) is 39.3 Å². The van der Waals surface area contributed by atoms with Crippen LogP contribution >= 0.6 is 0 Å². The second kappa shape index (κ2) is 6.86. The highest BCUT2D eigenvalue weighted by Crippen LogP contribution is 2.30. The van der Waals surface area contributed by atoms with Crippen LogP contribution < -0.4 is 10.6 Å². The zero-order chi connectivity index (χ0) is 14.4. The fourth-order valence-electron chi connectivity index (χ4n) is 2.76. The van der Waals surface area contributed by atoms with Crippen LogP contribution in [0, 0.1) is 5.41 Å². The number of nitrogens with one attached hydrogen (secondary N) is 2. The standard InChI is InChI=1S/C16H24N2O2/c1-2-16(8-3-9-17-12-16)15(20)18-10-13-4-6-14(11-19)7-5-13/h4-7,17,19H,2-3,8-12H2,1H3,(H,18,20). The van der Waals surface area contributed by atoms with Crippen LogP contribution in [0.25, 0.3) is 0 Å². The molecule has 0 saturated carbocycles. The van der Waals surface area contributed by atoms with Gasteiger partial charge in [0.1, 0.15) is 0 Å². The van der Waals surface area contributed by atoms with Gasteiger partial charge in [-0.15, -0.1) is 0 Å². The maximum atomic E-state index is 12.5. The minimum Gasteiger partial charge on any atom is -0.392 e. The van der Waals surface area contributed by atoms with Crippen LogP contribution in [0.4, 0.5) is 0 Å². The molecule has 1 aromatic rings. The number of aliphatic hydroxyl groups is 1. The number of benzene rings is 1. The van der Waals surface area contributed by atoms with Gasteiger partial charge in [0.15, 0.2) is 0 Å². The Kier molecular flexibility index (Phi) is 5.15. The predicted octanol–water partition coefficient (Wildman–Crippen LogP) is 1.57. The zero-order valence-electron chi connectivity index (χ0n) is 12.1. The molecule has 1 aromatic carbocycles. The van der Waals surface area contributed by atoms with E-state index in [1.54, 1.807) is 0 Å². The normalized spacial score (nSPS) is 22.5. The van der Waals surface area contributed by atoms with Crippen molar-refractivity contribution in [3.8, 4) is 0 Å². The summed E-state index contributed by atoms with van der Waals surface area (Å²) in [5.41, 5.74) is 1.70. The van der Waals surface area contributed by atoms with E-state index in [4.69, 9.17) is 5.11 Å². The van der Waals surface area contributed by atoms with E-state index in [0.29, 0.717) is 6.54 Å². The first kappa shape index (κ1) is 15.0. The van der Waals surface area contributed by atoms with Crippen molar-refractivity contribution in [1.29, 1.82) is 0 Å². The molecular formula is C16H24N2O2. The molecule has 0 aliphatic carbocycles. The van der Waals surface area contributed by atoms with Crippen molar-refractivity contribution in [3.05, 3.63) is 35.4 Å². The molecule has 110 valence electrons. The molecule has 0 aromatic heterocycles. The molecule has 1 unspecified atom stereocenters. The van der Waals surface area contributed by atoms with Crippen LogP contribution in [0.1, 0.15) is 37.3 Å². The molecule has 1 atom stereocenters. The van der Waals surface area contributed by atoms with Crippen molar-refractivity contribution >= 4 is 5.91 Å². The first-order valence-electron chi connectivity index (χ1n) is 7.38. The van der Waals surface area contributed by atoms with Crippen molar-refractivity contribution < 1.29 is 9.90 Å². The summed E-state index contributed by atoms with van der Waals surface area (Å²) in [7, 11) is 0. The molecule has 1 saturated heterocycles. The molecule has 1 amide bonds. The summed E-state index contributed by atoms with van der Waals surface area (Å²) in [6.07, 6.45) is 2.90. The van der Waals surface area contributed by atoms with E-state index in [9.17, 15) is 4.79 Å². The third-order valence-corrected chi connectivity index (χ3v) is 4.29. The van der Waals surface area contributed by atoms with Crippen LogP contribution in [0.5, 0.6) is 0 Å². The van der Waals surface area contributed by atoms with Gasteiger partial charge in [0, 0.05) is 13.1 Å². The molecule has 1 aliphatic rings. The number of carbonyl (C=O) groups excluding carboxylic acids is 1. The fourth-order valence-corrected chi connectivity index (χ4v) is 2.76. The van der Waals surface area contributed by atoms with Crippen molar-refractivity contribution in [2.24, 2.45) is 5.41 Å². The number of aliphatic hydroxyl groups excluding tert-OH is 1. The minimum atomic E-state index is -0.247. The average molecular weight is 276 g/mol. The minimum absolute atomic E-state index is 0.0528. The van der Waals surface area contributed by atoms with Gasteiger partial charge in [0.05, 0.1) is 12.0 Å². The van der Waals surface area contributed by atoms with Gasteiger partial charge >= 0.3 is 0 Å². The molecule has 4 nitrogen and oxygen atoms in total. The highest BCUT2D eigenvalue weighted by Gasteiger charge is 2.37. The smallest absolute Gasteiger partial charge is 0.227 e. The van der Waals surface area contributed by atoms with E-state index in [2.05, 4.69) is 17.6 Å². The maximum absolute atomic E-state index is 12.5. The third kappa shape index (κ3) is 3.38. The number of amides is 1. The number of hydrogen-bond donors (Lipinski definition) is 3. The summed E-state index contributed by atoms with van der Waals surface area (Å²) in [4.78, 5) is 12.5. The molecular weight excluding hydrogens is 252 g/mol. The Hall–Kier alpha value is -1.39. The van der Waals surface area contributed by atoms with Crippen LogP contribution in [0.3, 0.4) is 0 Å². The number of carbonyl (C=O) groups is 1. The molecule has 0 spiro atoms. The summed E-state index contributed by atoms with van der Waals surface area (Å²) in [6.45, 7) is 4.47. The topological polar surface area (TPSA) is 61.4 Å². The highest BCUT2D eigenvalue weighted by atomic mass is 16.3. The van der Waals surface area contributed by atoms with Gasteiger partial charge in [0.2, 0.25) is 5.91 Å². The Morgan fingerprint density at radius 3 is 2.60 bits per heavy atom. The van der Waals surface area contributed by atoms with Gasteiger partial charge in [-0.2, -0.15) is 0 Å². The molecule has 3 N–H and O–H groups in total. The molecule has 1 aliphatic heterocycles. The Labute approximate surface area is 120 Å². The van der Waals surface area contributed by atoms with E-state index in [1.165, 1.54) is 0 Å². The second-order valence-electron chi connectivity index (χ2n) is 5.57. The van der Waals surface area contributed by atoms with Crippen LogP contribution in [0.15, 0.2) is 24.3 Å². The zero-order valence-corrected chi connectivity index (χ0v) is 12.1. The summed E-state index contributed by atoms with van der Waals surface area (Å²) in [5.74, 6) is 0.151. The molecule has 20 heavy (non-hydrogen) atoms. The summed E-state index contributed by atoms with van der Waals surface area (Å²) >= 11 is 0. The van der Waals surface area contributed by atoms with Gasteiger partial charge in [-0.05, 0) is 36.9 Å². The summed E-state index contributed by atoms with van der Waals surface area (Å²) in [6, 6.07) is 7.67. The average Bonchev–Trinajstić information content (AvgIpc) is 2.53.